The van der Waals surface area contributed by atoms with Crippen molar-refractivity contribution in [2.45, 2.75) is 6.54 Å². The van der Waals surface area contributed by atoms with E-state index >= 15 is 0 Å². The standard InChI is InChI=1S/C10H6ClN3O4S/c11-9-2-1-8(19-9)7(15)5-13-4-6(14(17)18)3-12-10(13)16/h1-4H,5H2. The average Bonchev–Trinajstić information content (AvgIpc) is 2.78. The van der Waals surface area contributed by atoms with Crippen molar-refractivity contribution >= 4 is 34.4 Å². The van der Waals surface area contributed by atoms with E-state index in [4.69, 9.17) is 11.6 Å². The molecule has 2 aromatic rings. The Morgan fingerprint density at radius 1 is 1.53 bits per heavy atom. The van der Waals surface area contributed by atoms with E-state index in [0.29, 0.717) is 9.21 Å². The number of carbonyl (C=O) groups is 1. The maximum Gasteiger partial charge on any atom is 0.348 e. The molecule has 0 bridgehead atoms. The predicted molar refractivity (Wildman–Crippen MR) is 68.8 cm³/mol. The third kappa shape index (κ3) is 3.04. The van der Waals surface area contributed by atoms with Gasteiger partial charge in [0.15, 0.2) is 5.78 Å². The van der Waals surface area contributed by atoms with Crippen LogP contribution in [0.3, 0.4) is 0 Å². The molecule has 19 heavy (non-hydrogen) atoms. The SMILES string of the molecule is O=C(Cn1cc([N+](=O)[O-])cnc1=O)c1ccc(Cl)s1. The predicted octanol–water partition coefficient (Wildman–Crippen LogP) is 1.75. The summed E-state index contributed by atoms with van der Waals surface area (Å²) >= 11 is 6.78. The van der Waals surface area contributed by atoms with Gasteiger partial charge in [-0.15, -0.1) is 11.3 Å². The van der Waals surface area contributed by atoms with Crippen molar-refractivity contribution < 1.29 is 9.72 Å². The number of halogens is 1. The molecule has 2 rings (SSSR count). The van der Waals surface area contributed by atoms with Crippen molar-refractivity contribution in [3.8, 4) is 0 Å². The van der Waals surface area contributed by atoms with E-state index in [-0.39, 0.29) is 18.0 Å². The molecular formula is C10H6ClN3O4S. The summed E-state index contributed by atoms with van der Waals surface area (Å²) in [6.07, 6.45) is 1.84. The van der Waals surface area contributed by atoms with E-state index in [0.717, 1.165) is 28.3 Å². The summed E-state index contributed by atoms with van der Waals surface area (Å²) in [5, 5.41) is 10.6. The number of nitrogens with zero attached hydrogens (tertiary/aromatic N) is 3. The highest BCUT2D eigenvalue weighted by molar-refractivity contribution is 7.18. The van der Waals surface area contributed by atoms with Crippen molar-refractivity contribution in [1.82, 2.24) is 9.55 Å². The molecule has 9 heteroatoms. The fraction of sp³-hybridized carbons (Fsp3) is 0.100. The summed E-state index contributed by atoms with van der Waals surface area (Å²) in [6, 6.07) is 3.10. The number of nitro groups is 1. The van der Waals surface area contributed by atoms with E-state index in [9.17, 15) is 19.7 Å². The van der Waals surface area contributed by atoms with Gasteiger partial charge in [0.25, 0.3) is 0 Å². The zero-order valence-electron chi connectivity index (χ0n) is 9.28. The quantitative estimate of drug-likeness (QED) is 0.487. The van der Waals surface area contributed by atoms with Crippen LogP contribution in [0.4, 0.5) is 5.69 Å². The van der Waals surface area contributed by atoms with Crippen LogP contribution >= 0.6 is 22.9 Å². The third-order valence-electron chi connectivity index (χ3n) is 2.21. The van der Waals surface area contributed by atoms with E-state index in [2.05, 4.69) is 4.98 Å². The Hall–Kier alpha value is -2.06. The lowest BCUT2D eigenvalue weighted by atomic mass is 10.3. The van der Waals surface area contributed by atoms with Crippen LogP contribution in [-0.4, -0.2) is 20.3 Å². The van der Waals surface area contributed by atoms with Crippen LogP contribution in [0.1, 0.15) is 9.67 Å². The van der Waals surface area contributed by atoms with Gasteiger partial charge in [0, 0.05) is 0 Å². The van der Waals surface area contributed by atoms with Crippen LogP contribution in [-0.2, 0) is 6.54 Å². The Morgan fingerprint density at radius 3 is 2.84 bits per heavy atom. The first-order chi connectivity index (χ1) is 8.97. The number of ketones is 1. The second-order valence-corrected chi connectivity index (χ2v) is 5.22. The minimum absolute atomic E-state index is 0.315. The van der Waals surface area contributed by atoms with Gasteiger partial charge in [0.1, 0.15) is 6.20 Å². The van der Waals surface area contributed by atoms with Crippen LogP contribution in [0.15, 0.2) is 29.3 Å². The van der Waals surface area contributed by atoms with Crippen LogP contribution in [0, 0.1) is 10.1 Å². The number of thiophene rings is 1. The first-order valence-corrected chi connectivity index (χ1v) is 6.16. The van der Waals surface area contributed by atoms with Crippen molar-refractivity contribution in [1.29, 1.82) is 0 Å². The lowest BCUT2D eigenvalue weighted by molar-refractivity contribution is -0.385. The van der Waals surface area contributed by atoms with E-state index in [1.165, 1.54) is 6.07 Å². The van der Waals surface area contributed by atoms with Gasteiger partial charge in [0.2, 0.25) is 0 Å². The average molecular weight is 300 g/mol. The van der Waals surface area contributed by atoms with Crippen LogP contribution < -0.4 is 5.69 Å². The summed E-state index contributed by atoms with van der Waals surface area (Å²) in [5.74, 6) is -0.360. The van der Waals surface area contributed by atoms with Gasteiger partial charge in [-0.2, -0.15) is 4.98 Å². The maximum absolute atomic E-state index is 11.9. The van der Waals surface area contributed by atoms with Crippen LogP contribution in [0.2, 0.25) is 4.34 Å². The number of Topliss-reactive ketones (excluding diaryl/α,β-unsaturated/α-hetero) is 1. The smallest absolute Gasteiger partial charge is 0.291 e. The first-order valence-electron chi connectivity index (χ1n) is 4.97. The second-order valence-electron chi connectivity index (χ2n) is 3.51. The van der Waals surface area contributed by atoms with Crippen molar-refractivity contribution in [2.75, 3.05) is 0 Å². The van der Waals surface area contributed by atoms with Gasteiger partial charge in [0.05, 0.1) is 26.9 Å². The molecular weight excluding hydrogens is 294 g/mol. The van der Waals surface area contributed by atoms with Gasteiger partial charge in [-0.1, -0.05) is 11.6 Å². The Bertz CT molecular complexity index is 709. The number of carbonyl (C=O) groups excluding carboxylic acids is 1. The van der Waals surface area contributed by atoms with Crippen LogP contribution in [0.5, 0.6) is 0 Å². The van der Waals surface area contributed by atoms with Crippen LogP contribution in [0.25, 0.3) is 0 Å². The minimum atomic E-state index is -0.721. The monoisotopic (exact) mass is 299 g/mol. The first kappa shape index (κ1) is 13.4. The zero-order valence-corrected chi connectivity index (χ0v) is 10.8. The van der Waals surface area contributed by atoms with Gasteiger partial charge in [-0.05, 0) is 12.1 Å². The number of rotatable bonds is 4. The molecule has 0 spiro atoms. The fourth-order valence-electron chi connectivity index (χ4n) is 1.35. The molecule has 2 aromatic heterocycles. The van der Waals surface area contributed by atoms with Crippen molar-refractivity contribution in [3.63, 3.8) is 0 Å². The summed E-state index contributed by atoms with van der Waals surface area (Å²) in [4.78, 5) is 36.9. The lowest BCUT2D eigenvalue weighted by Gasteiger charge is -2.02. The Morgan fingerprint density at radius 2 is 2.26 bits per heavy atom. The summed E-state index contributed by atoms with van der Waals surface area (Å²) in [6.45, 7) is -0.315. The Labute approximate surface area is 115 Å². The molecule has 98 valence electrons. The van der Waals surface area contributed by atoms with E-state index < -0.39 is 10.6 Å². The van der Waals surface area contributed by atoms with Gasteiger partial charge < -0.3 is 0 Å². The van der Waals surface area contributed by atoms with Gasteiger partial charge in [-0.3, -0.25) is 19.5 Å². The number of hydrogen-bond acceptors (Lipinski definition) is 6. The highest BCUT2D eigenvalue weighted by Gasteiger charge is 2.14. The molecule has 0 aliphatic carbocycles. The minimum Gasteiger partial charge on any atom is -0.291 e. The molecule has 2 heterocycles. The molecule has 0 saturated carbocycles. The van der Waals surface area contributed by atoms with Gasteiger partial charge in [-0.25, -0.2) is 4.79 Å². The molecule has 0 amide bonds. The molecule has 7 nitrogen and oxygen atoms in total. The molecule has 0 aliphatic heterocycles. The maximum atomic E-state index is 11.9. The lowest BCUT2D eigenvalue weighted by Crippen LogP contribution is -2.25. The number of hydrogen-bond donors (Lipinski definition) is 0. The molecule has 0 radical (unpaired) electrons. The Balaban J connectivity index is 2.28. The summed E-state index contributed by atoms with van der Waals surface area (Å²) in [5.41, 5.74) is -1.07. The third-order valence-corrected chi connectivity index (χ3v) is 3.49. The highest BCUT2D eigenvalue weighted by Crippen LogP contribution is 2.22. The van der Waals surface area contributed by atoms with E-state index in [1.54, 1.807) is 6.07 Å². The molecule has 0 unspecified atom stereocenters. The Kier molecular flexibility index (Phi) is 3.72. The molecule has 0 saturated heterocycles. The molecule has 0 aliphatic rings. The van der Waals surface area contributed by atoms with E-state index in [1.807, 2.05) is 0 Å². The highest BCUT2D eigenvalue weighted by atomic mass is 35.5. The number of aromatic nitrogens is 2. The van der Waals surface area contributed by atoms with Crippen molar-refractivity contribution in [2.24, 2.45) is 0 Å². The summed E-state index contributed by atoms with van der Waals surface area (Å²) in [7, 11) is 0. The van der Waals surface area contributed by atoms with Crippen molar-refractivity contribution in [3.05, 3.63) is 54.3 Å². The summed E-state index contributed by atoms with van der Waals surface area (Å²) < 4.78 is 1.35. The largest absolute Gasteiger partial charge is 0.348 e. The molecule has 0 atom stereocenters. The molecule has 0 fully saturated rings. The second kappa shape index (κ2) is 5.29. The topological polar surface area (TPSA) is 95.1 Å². The zero-order chi connectivity index (χ0) is 14.0. The normalized spacial score (nSPS) is 10.4. The van der Waals surface area contributed by atoms with Gasteiger partial charge >= 0.3 is 11.4 Å². The molecule has 0 N–H and O–H groups in total. The fourth-order valence-corrected chi connectivity index (χ4v) is 2.32. The molecule has 0 aromatic carbocycles.